The summed E-state index contributed by atoms with van der Waals surface area (Å²) in [6, 6.07) is 20.2. The minimum Gasteiger partial charge on any atom is -0.481 e. The second-order valence-electron chi connectivity index (χ2n) is 13.8. The van der Waals surface area contributed by atoms with Crippen molar-refractivity contribution in [2.24, 2.45) is 5.92 Å². The summed E-state index contributed by atoms with van der Waals surface area (Å²) in [4.78, 5) is 23.3. The lowest BCUT2D eigenvalue weighted by Crippen LogP contribution is -2.35. The van der Waals surface area contributed by atoms with Crippen molar-refractivity contribution in [2.75, 3.05) is 25.0 Å². The van der Waals surface area contributed by atoms with Crippen LogP contribution in [0.3, 0.4) is 0 Å². The Morgan fingerprint density at radius 3 is 2.51 bits per heavy atom. The fourth-order valence-electron chi connectivity index (χ4n) is 6.96. The number of carboxylic acid groups (broad SMARTS) is 1. The van der Waals surface area contributed by atoms with Crippen LogP contribution in [0.5, 0.6) is 0 Å². The fraction of sp³-hybridized carbons (Fsp3) is 0.302. The number of fused-ring (bicyclic) bond motifs is 1. The number of hydrogen-bond acceptors (Lipinski definition) is 9. The van der Waals surface area contributed by atoms with Crippen molar-refractivity contribution in [3.05, 3.63) is 113 Å². The third-order valence-corrected chi connectivity index (χ3v) is 10.0. The molecule has 0 saturated carbocycles. The summed E-state index contributed by atoms with van der Waals surface area (Å²) in [5.41, 5.74) is 11.7. The molecule has 0 amide bonds. The van der Waals surface area contributed by atoms with Crippen molar-refractivity contribution in [3.8, 4) is 28.7 Å². The van der Waals surface area contributed by atoms with E-state index in [1.807, 2.05) is 62.5 Å². The number of benzene rings is 3. The highest BCUT2D eigenvalue weighted by molar-refractivity contribution is 5.87. The van der Waals surface area contributed by atoms with Crippen LogP contribution in [0.2, 0.25) is 0 Å². The SMILES string of the molecule is C=C(Nc1cccc(-c2cccc(-c3nc4cc(CNC(C)CO)cc(C#N)c4o3)c2C)c1C)c1ncc(CN2CCC(C(=O)O)CC2)cc1/C=C\C. The molecule has 272 valence electrons. The minimum absolute atomic E-state index is 0.0208. The number of anilines is 1. The highest BCUT2D eigenvalue weighted by atomic mass is 16.4. The summed E-state index contributed by atoms with van der Waals surface area (Å²) in [6.07, 6.45) is 7.24. The molecule has 1 atom stereocenters. The molecule has 10 nitrogen and oxygen atoms in total. The lowest BCUT2D eigenvalue weighted by molar-refractivity contribution is -0.143. The molecule has 0 aliphatic carbocycles. The summed E-state index contributed by atoms with van der Waals surface area (Å²) >= 11 is 0. The number of carbonyl (C=O) groups is 1. The number of aromatic nitrogens is 2. The number of likely N-dealkylation sites (tertiary alicyclic amines) is 1. The van der Waals surface area contributed by atoms with Crippen molar-refractivity contribution in [2.45, 2.75) is 59.7 Å². The molecule has 53 heavy (non-hydrogen) atoms. The number of piperidine rings is 1. The maximum Gasteiger partial charge on any atom is 0.306 e. The van der Waals surface area contributed by atoms with Crippen molar-refractivity contribution < 1.29 is 19.4 Å². The van der Waals surface area contributed by atoms with Crippen LogP contribution in [-0.2, 0) is 17.9 Å². The zero-order valence-corrected chi connectivity index (χ0v) is 30.7. The second-order valence-corrected chi connectivity index (χ2v) is 13.8. The number of nitriles is 1. The van der Waals surface area contributed by atoms with Crippen LogP contribution in [0, 0.1) is 31.1 Å². The first-order chi connectivity index (χ1) is 25.6. The van der Waals surface area contributed by atoms with Crippen LogP contribution >= 0.6 is 0 Å². The molecule has 1 aliphatic rings. The van der Waals surface area contributed by atoms with Gasteiger partial charge in [-0.25, -0.2) is 4.98 Å². The first-order valence-electron chi connectivity index (χ1n) is 18.0. The number of nitrogens with zero attached hydrogens (tertiary/aromatic N) is 4. The van der Waals surface area contributed by atoms with E-state index in [0.29, 0.717) is 47.6 Å². The highest BCUT2D eigenvalue weighted by Gasteiger charge is 2.25. The van der Waals surface area contributed by atoms with E-state index >= 15 is 0 Å². The van der Waals surface area contributed by atoms with Gasteiger partial charge in [-0.1, -0.05) is 43.0 Å². The number of oxazole rings is 1. The summed E-state index contributed by atoms with van der Waals surface area (Å²) < 4.78 is 6.25. The number of nitrogens with one attached hydrogen (secondary N) is 2. The number of aliphatic hydroxyl groups is 1. The Balaban J connectivity index is 1.24. The van der Waals surface area contributed by atoms with E-state index in [1.165, 1.54) is 0 Å². The standard InChI is InChI=1S/C43H46N6O4/c1-6-9-33-19-31(24-49-16-14-32(15-17-49)43(51)52)23-46-40(33)29(5)47-38-13-8-11-36(28(38)4)35-10-7-12-37(27(35)3)42-48-39-20-30(22-45-26(2)25-50)18-34(21-44)41(39)53-42/h6-13,18-20,23,26,32,45,47,50H,5,14-17,22,24-25H2,1-4H3,(H,51,52)/b9-6-. The summed E-state index contributed by atoms with van der Waals surface area (Å²) in [5, 5.41) is 35.4. The molecule has 6 rings (SSSR count). The molecule has 4 N–H and O–H groups in total. The Morgan fingerprint density at radius 1 is 1.09 bits per heavy atom. The number of aliphatic carboxylic acids is 1. The molecule has 0 spiro atoms. The maximum absolute atomic E-state index is 11.4. The second kappa shape index (κ2) is 16.4. The number of hydrogen-bond donors (Lipinski definition) is 4. The maximum atomic E-state index is 11.4. The van der Waals surface area contributed by atoms with E-state index in [4.69, 9.17) is 14.4 Å². The van der Waals surface area contributed by atoms with E-state index in [9.17, 15) is 20.3 Å². The van der Waals surface area contributed by atoms with Gasteiger partial charge in [0, 0.05) is 42.1 Å². The Kier molecular flexibility index (Phi) is 11.5. The predicted octanol–water partition coefficient (Wildman–Crippen LogP) is 7.93. The minimum atomic E-state index is -0.703. The molecule has 3 heterocycles. The Bertz CT molecular complexity index is 2220. The third-order valence-electron chi connectivity index (χ3n) is 10.0. The smallest absolute Gasteiger partial charge is 0.306 e. The van der Waals surface area contributed by atoms with Crippen LogP contribution < -0.4 is 10.6 Å². The van der Waals surface area contributed by atoms with Gasteiger partial charge < -0.3 is 25.3 Å². The van der Waals surface area contributed by atoms with Gasteiger partial charge in [0.25, 0.3) is 0 Å². The van der Waals surface area contributed by atoms with Gasteiger partial charge in [-0.05, 0) is 117 Å². The summed E-state index contributed by atoms with van der Waals surface area (Å²) in [5.74, 6) is -0.515. The lowest BCUT2D eigenvalue weighted by atomic mass is 9.92. The lowest BCUT2D eigenvalue weighted by Gasteiger charge is -2.30. The zero-order valence-electron chi connectivity index (χ0n) is 30.7. The molecule has 5 aromatic rings. The molecule has 10 heteroatoms. The highest BCUT2D eigenvalue weighted by Crippen LogP contribution is 2.37. The number of rotatable bonds is 13. The van der Waals surface area contributed by atoms with Crippen molar-refractivity contribution >= 4 is 34.5 Å². The van der Waals surface area contributed by atoms with E-state index < -0.39 is 5.97 Å². The molecule has 1 fully saturated rings. The largest absolute Gasteiger partial charge is 0.481 e. The molecule has 1 saturated heterocycles. The summed E-state index contributed by atoms with van der Waals surface area (Å²) in [7, 11) is 0. The van der Waals surface area contributed by atoms with Crippen molar-refractivity contribution in [1.82, 2.24) is 20.2 Å². The Labute approximate surface area is 310 Å². The zero-order chi connectivity index (χ0) is 37.6. The Morgan fingerprint density at radius 2 is 1.81 bits per heavy atom. The molecule has 1 aliphatic heterocycles. The van der Waals surface area contributed by atoms with Crippen LogP contribution in [0.1, 0.15) is 65.8 Å². The van der Waals surface area contributed by atoms with Crippen molar-refractivity contribution in [1.29, 1.82) is 5.26 Å². The van der Waals surface area contributed by atoms with E-state index in [2.05, 4.69) is 60.2 Å². The number of carboxylic acids is 1. The van der Waals surface area contributed by atoms with Crippen LogP contribution in [0.25, 0.3) is 45.5 Å². The third kappa shape index (κ3) is 8.23. The fourth-order valence-corrected chi connectivity index (χ4v) is 6.96. The molecular formula is C43H46N6O4. The van der Waals surface area contributed by atoms with Gasteiger partial charge in [0.2, 0.25) is 5.89 Å². The van der Waals surface area contributed by atoms with E-state index in [-0.39, 0.29) is 18.6 Å². The van der Waals surface area contributed by atoms with Gasteiger partial charge in [0.05, 0.1) is 29.5 Å². The number of aliphatic hydroxyl groups excluding tert-OH is 1. The predicted molar refractivity (Wildman–Crippen MR) is 210 cm³/mol. The first kappa shape index (κ1) is 37.2. The summed E-state index contributed by atoms with van der Waals surface area (Å²) in [6.45, 7) is 15.1. The first-order valence-corrected chi connectivity index (χ1v) is 18.0. The molecule has 0 radical (unpaired) electrons. The average Bonchev–Trinajstić information content (AvgIpc) is 3.59. The van der Waals surface area contributed by atoms with Gasteiger partial charge in [-0.2, -0.15) is 5.26 Å². The molecule has 1 unspecified atom stereocenters. The Hall–Kier alpha value is -5.60. The molecule has 3 aromatic carbocycles. The van der Waals surface area contributed by atoms with Gasteiger partial charge >= 0.3 is 5.97 Å². The number of pyridine rings is 1. The average molecular weight is 711 g/mol. The normalized spacial score (nSPS) is 14.4. The molecular weight excluding hydrogens is 665 g/mol. The van der Waals surface area contributed by atoms with E-state index in [0.717, 1.165) is 75.5 Å². The van der Waals surface area contributed by atoms with Crippen LogP contribution in [-0.4, -0.2) is 56.8 Å². The molecule has 0 bridgehead atoms. The number of allylic oxidation sites excluding steroid dienone is 1. The van der Waals surface area contributed by atoms with Crippen LogP contribution in [0.15, 0.2) is 77.9 Å². The monoisotopic (exact) mass is 710 g/mol. The van der Waals surface area contributed by atoms with E-state index in [1.54, 1.807) is 6.07 Å². The van der Waals surface area contributed by atoms with Gasteiger partial charge in [-0.3, -0.25) is 14.7 Å². The topological polar surface area (TPSA) is 148 Å². The van der Waals surface area contributed by atoms with Gasteiger partial charge in [0.15, 0.2) is 5.58 Å². The van der Waals surface area contributed by atoms with Crippen molar-refractivity contribution in [3.63, 3.8) is 0 Å². The van der Waals surface area contributed by atoms with Crippen LogP contribution in [0.4, 0.5) is 5.69 Å². The molecule has 2 aromatic heterocycles. The van der Waals surface area contributed by atoms with Gasteiger partial charge in [0.1, 0.15) is 11.6 Å². The van der Waals surface area contributed by atoms with Gasteiger partial charge in [-0.15, -0.1) is 0 Å². The quantitative estimate of drug-likeness (QED) is 0.0950.